The normalized spacial score (nSPS) is 18.3. The highest BCUT2D eigenvalue weighted by Crippen LogP contribution is 2.25. The Morgan fingerprint density at radius 1 is 1.12 bits per heavy atom. The minimum atomic E-state index is -0.418. The summed E-state index contributed by atoms with van der Waals surface area (Å²) in [6, 6.07) is 7.96. The summed E-state index contributed by atoms with van der Waals surface area (Å²) in [5.74, 6) is 1.13. The van der Waals surface area contributed by atoms with Gasteiger partial charge >= 0.3 is 0 Å². The molecular formula is C20H34N2O2. The second-order valence-electron chi connectivity index (χ2n) is 6.95. The van der Waals surface area contributed by atoms with Crippen LogP contribution in [-0.4, -0.2) is 49.3 Å². The molecule has 24 heavy (non-hydrogen) atoms. The zero-order chi connectivity index (χ0) is 17.2. The van der Waals surface area contributed by atoms with Gasteiger partial charge < -0.3 is 20.1 Å². The lowest BCUT2D eigenvalue weighted by Gasteiger charge is -2.31. The van der Waals surface area contributed by atoms with Crippen molar-refractivity contribution in [3.63, 3.8) is 0 Å². The maximum absolute atomic E-state index is 10.6. The van der Waals surface area contributed by atoms with Gasteiger partial charge in [0.25, 0.3) is 0 Å². The van der Waals surface area contributed by atoms with Crippen molar-refractivity contribution in [2.24, 2.45) is 5.92 Å². The predicted molar refractivity (Wildman–Crippen MR) is 99.5 cm³/mol. The fourth-order valence-corrected chi connectivity index (χ4v) is 3.21. The molecule has 0 aliphatic carbocycles. The van der Waals surface area contributed by atoms with Crippen LogP contribution in [0.2, 0.25) is 0 Å². The van der Waals surface area contributed by atoms with Crippen LogP contribution < -0.4 is 10.1 Å². The van der Waals surface area contributed by atoms with Crippen LogP contribution in [-0.2, 0) is 0 Å². The maximum Gasteiger partial charge on any atom is 0.119 e. The summed E-state index contributed by atoms with van der Waals surface area (Å²) in [4.78, 5) is 2.43. The number of aliphatic hydroxyl groups excluding tert-OH is 1. The van der Waals surface area contributed by atoms with E-state index in [4.69, 9.17) is 4.74 Å². The maximum atomic E-state index is 10.6. The molecule has 1 heterocycles. The zero-order valence-electron chi connectivity index (χ0n) is 15.3. The van der Waals surface area contributed by atoms with Crippen LogP contribution in [0.3, 0.4) is 0 Å². The number of hydrogen-bond acceptors (Lipinski definition) is 4. The molecule has 0 spiro atoms. The summed E-state index contributed by atoms with van der Waals surface area (Å²) >= 11 is 0. The lowest BCUT2D eigenvalue weighted by Crippen LogP contribution is -2.45. The molecule has 1 aromatic carbocycles. The van der Waals surface area contributed by atoms with Gasteiger partial charge in [-0.1, -0.05) is 45.2 Å². The molecule has 1 aromatic rings. The highest BCUT2D eigenvalue weighted by atomic mass is 16.5. The van der Waals surface area contributed by atoms with Crippen molar-refractivity contribution in [1.82, 2.24) is 10.2 Å². The lowest BCUT2D eigenvalue weighted by molar-refractivity contribution is 0.0842. The fourth-order valence-electron chi connectivity index (χ4n) is 3.21. The Hall–Kier alpha value is -1.10. The molecular weight excluding hydrogens is 300 g/mol. The molecule has 0 amide bonds. The Morgan fingerprint density at radius 2 is 1.83 bits per heavy atom. The first-order valence-electron chi connectivity index (χ1n) is 9.54. The van der Waals surface area contributed by atoms with Crippen LogP contribution >= 0.6 is 0 Å². The Labute approximate surface area is 147 Å². The number of piperazine rings is 1. The second-order valence-corrected chi connectivity index (χ2v) is 6.95. The van der Waals surface area contributed by atoms with E-state index in [2.05, 4.69) is 24.1 Å². The van der Waals surface area contributed by atoms with E-state index in [1.54, 1.807) is 0 Å². The molecule has 4 heteroatoms. The van der Waals surface area contributed by atoms with Crippen LogP contribution in [0, 0.1) is 5.92 Å². The summed E-state index contributed by atoms with van der Waals surface area (Å²) in [7, 11) is 0. The first-order valence-corrected chi connectivity index (χ1v) is 9.54. The third-order valence-corrected chi connectivity index (χ3v) is 4.78. The van der Waals surface area contributed by atoms with E-state index in [-0.39, 0.29) is 5.92 Å². The van der Waals surface area contributed by atoms with E-state index in [0.29, 0.717) is 0 Å². The van der Waals surface area contributed by atoms with Crippen molar-refractivity contribution < 1.29 is 9.84 Å². The topological polar surface area (TPSA) is 44.7 Å². The first-order chi connectivity index (χ1) is 11.7. The number of hydrogen-bond donors (Lipinski definition) is 2. The Balaban J connectivity index is 1.76. The fraction of sp³-hybridized carbons (Fsp3) is 0.700. The number of unbranched alkanes of at least 4 members (excludes halogenated alkanes) is 3. The van der Waals surface area contributed by atoms with Gasteiger partial charge in [-0.3, -0.25) is 0 Å². The molecule has 1 fully saturated rings. The zero-order valence-corrected chi connectivity index (χ0v) is 15.3. The predicted octanol–water partition coefficient (Wildman–Crippen LogP) is 3.22. The van der Waals surface area contributed by atoms with Gasteiger partial charge in [0.05, 0.1) is 12.7 Å². The summed E-state index contributed by atoms with van der Waals surface area (Å²) in [5, 5.41) is 14.0. The second kappa shape index (κ2) is 10.7. The largest absolute Gasteiger partial charge is 0.494 e. The summed E-state index contributed by atoms with van der Waals surface area (Å²) in [6.45, 7) is 10.3. The SMILES string of the molecule is CCCCCCOc1ccc(C(O)C(C)CN2CCNCC2)cc1. The molecule has 2 atom stereocenters. The quantitative estimate of drug-likeness (QED) is 0.645. The van der Waals surface area contributed by atoms with Gasteiger partial charge in [-0.2, -0.15) is 0 Å². The molecule has 136 valence electrons. The van der Waals surface area contributed by atoms with Gasteiger partial charge in [-0.05, 0) is 30.0 Å². The van der Waals surface area contributed by atoms with Gasteiger partial charge in [-0.25, -0.2) is 0 Å². The molecule has 0 radical (unpaired) electrons. The highest BCUT2D eigenvalue weighted by Gasteiger charge is 2.20. The van der Waals surface area contributed by atoms with Crippen molar-refractivity contribution >= 4 is 0 Å². The van der Waals surface area contributed by atoms with E-state index in [1.807, 2.05) is 24.3 Å². The van der Waals surface area contributed by atoms with E-state index in [9.17, 15) is 5.11 Å². The van der Waals surface area contributed by atoms with Crippen LogP contribution in [0.15, 0.2) is 24.3 Å². The van der Waals surface area contributed by atoms with Crippen molar-refractivity contribution in [2.75, 3.05) is 39.3 Å². The van der Waals surface area contributed by atoms with Gasteiger partial charge in [-0.15, -0.1) is 0 Å². The molecule has 0 saturated carbocycles. The average Bonchev–Trinajstić information content (AvgIpc) is 2.62. The van der Waals surface area contributed by atoms with Crippen molar-refractivity contribution in [2.45, 2.75) is 45.6 Å². The average molecular weight is 335 g/mol. The lowest BCUT2D eigenvalue weighted by atomic mass is 9.96. The number of aliphatic hydroxyl groups is 1. The minimum absolute atomic E-state index is 0.226. The number of benzene rings is 1. The van der Waals surface area contributed by atoms with Crippen LogP contribution in [0.4, 0.5) is 0 Å². The Kier molecular flexibility index (Phi) is 8.57. The summed E-state index contributed by atoms with van der Waals surface area (Å²) < 4.78 is 5.77. The molecule has 0 bridgehead atoms. The standard InChI is InChI=1S/C20H34N2O2/c1-3-4-5-6-15-24-19-9-7-18(8-10-19)20(23)17(2)16-22-13-11-21-12-14-22/h7-10,17,20-21,23H,3-6,11-16H2,1-2H3. The number of nitrogens with zero attached hydrogens (tertiary/aromatic N) is 1. The van der Waals surface area contributed by atoms with Gasteiger partial charge in [0.2, 0.25) is 0 Å². The highest BCUT2D eigenvalue weighted by molar-refractivity contribution is 5.28. The van der Waals surface area contributed by atoms with Gasteiger partial charge in [0.15, 0.2) is 0 Å². The van der Waals surface area contributed by atoms with Crippen molar-refractivity contribution in [1.29, 1.82) is 0 Å². The Bertz CT molecular complexity index is 443. The number of ether oxygens (including phenoxy) is 1. The summed E-state index contributed by atoms with van der Waals surface area (Å²) in [6.07, 6.45) is 4.45. The van der Waals surface area contributed by atoms with E-state index >= 15 is 0 Å². The monoisotopic (exact) mass is 334 g/mol. The third-order valence-electron chi connectivity index (χ3n) is 4.78. The number of nitrogens with one attached hydrogen (secondary N) is 1. The molecule has 2 rings (SSSR count). The summed E-state index contributed by atoms with van der Waals surface area (Å²) in [5.41, 5.74) is 0.982. The molecule has 4 nitrogen and oxygen atoms in total. The molecule has 0 aromatic heterocycles. The van der Waals surface area contributed by atoms with Crippen molar-refractivity contribution in [3.05, 3.63) is 29.8 Å². The van der Waals surface area contributed by atoms with Crippen LogP contribution in [0.5, 0.6) is 5.75 Å². The first kappa shape index (κ1) is 19.2. The van der Waals surface area contributed by atoms with Gasteiger partial charge in [0.1, 0.15) is 5.75 Å². The van der Waals surface area contributed by atoms with E-state index in [1.165, 1.54) is 19.3 Å². The van der Waals surface area contributed by atoms with E-state index in [0.717, 1.165) is 57.1 Å². The van der Waals surface area contributed by atoms with Gasteiger partial charge in [0, 0.05) is 32.7 Å². The van der Waals surface area contributed by atoms with Crippen LogP contribution in [0.1, 0.15) is 51.2 Å². The van der Waals surface area contributed by atoms with E-state index < -0.39 is 6.10 Å². The smallest absolute Gasteiger partial charge is 0.119 e. The minimum Gasteiger partial charge on any atom is -0.494 e. The molecule has 1 saturated heterocycles. The number of rotatable bonds is 10. The molecule has 1 aliphatic rings. The molecule has 1 aliphatic heterocycles. The van der Waals surface area contributed by atoms with Crippen LogP contribution in [0.25, 0.3) is 0 Å². The van der Waals surface area contributed by atoms with Crippen molar-refractivity contribution in [3.8, 4) is 5.75 Å². The molecule has 2 N–H and O–H groups in total. The Morgan fingerprint density at radius 3 is 2.50 bits per heavy atom. The third kappa shape index (κ3) is 6.42. The molecule has 2 unspecified atom stereocenters.